The average Bonchev–Trinajstić information content (AvgIpc) is 2.44. The largest absolute Gasteiger partial charge is 0.376 e. The van der Waals surface area contributed by atoms with E-state index in [2.05, 4.69) is 5.32 Å². The van der Waals surface area contributed by atoms with E-state index in [-0.39, 0.29) is 35.3 Å². The van der Waals surface area contributed by atoms with Crippen molar-refractivity contribution in [1.82, 2.24) is 5.32 Å². The van der Waals surface area contributed by atoms with Crippen LogP contribution in [-0.4, -0.2) is 35.6 Å². The topological polar surface area (TPSA) is 107 Å². The van der Waals surface area contributed by atoms with Gasteiger partial charge in [-0.15, -0.1) is 0 Å². The van der Waals surface area contributed by atoms with Gasteiger partial charge in [-0.25, -0.2) is 0 Å². The number of amides is 1. The average molecular weight is 293 g/mol. The summed E-state index contributed by atoms with van der Waals surface area (Å²) in [5.74, 6) is -0.372. The molecule has 3 atom stereocenters. The van der Waals surface area contributed by atoms with Gasteiger partial charge in [-0.3, -0.25) is 14.9 Å². The smallest absolute Gasteiger partial charge is 0.273 e. The van der Waals surface area contributed by atoms with Gasteiger partial charge in [0, 0.05) is 29.8 Å². The number of nitrogens with one attached hydrogen (secondary N) is 1. The highest BCUT2D eigenvalue weighted by Crippen LogP contribution is 2.24. The zero-order valence-electron chi connectivity index (χ0n) is 12.0. The van der Waals surface area contributed by atoms with Gasteiger partial charge in [0.1, 0.15) is 0 Å². The van der Waals surface area contributed by atoms with Gasteiger partial charge in [-0.2, -0.15) is 0 Å². The number of carbonyl (C=O) groups excluding carboxylic acids is 1. The van der Waals surface area contributed by atoms with Crippen molar-refractivity contribution >= 4 is 11.6 Å². The van der Waals surface area contributed by atoms with Gasteiger partial charge in [0.2, 0.25) is 0 Å². The Kier molecular flexibility index (Phi) is 4.54. The Morgan fingerprint density at radius 1 is 1.57 bits per heavy atom. The Hall–Kier alpha value is -1.99. The van der Waals surface area contributed by atoms with Crippen LogP contribution in [0.25, 0.3) is 0 Å². The Balaban J connectivity index is 2.10. The number of rotatable bonds is 5. The van der Waals surface area contributed by atoms with E-state index in [1.165, 1.54) is 6.07 Å². The van der Waals surface area contributed by atoms with E-state index in [0.29, 0.717) is 18.6 Å². The van der Waals surface area contributed by atoms with Crippen LogP contribution in [0.3, 0.4) is 0 Å². The second-order valence-corrected chi connectivity index (χ2v) is 5.15. The van der Waals surface area contributed by atoms with E-state index in [9.17, 15) is 14.9 Å². The number of nitrogens with zero attached hydrogens (tertiary/aromatic N) is 1. The van der Waals surface area contributed by atoms with Gasteiger partial charge in [-0.05, 0) is 26.3 Å². The SMILES string of the molecule is CCOC1CC(N)C1NC(=O)c1ccc(C)c([N+](=O)[O-])c1. The third-order valence-corrected chi connectivity index (χ3v) is 3.71. The fourth-order valence-corrected chi connectivity index (χ4v) is 2.41. The minimum Gasteiger partial charge on any atom is -0.376 e. The highest BCUT2D eigenvalue weighted by molar-refractivity contribution is 5.95. The molecule has 0 aliphatic heterocycles. The van der Waals surface area contributed by atoms with Gasteiger partial charge in [-0.1, -0.05) is 6.07 Å². The van der Waals surface area contributed by atoms with E-state index in [0.717, 1.165) is 0 Å². The lowest BCUT2D eigenvalue weighted by Gasteiger charge is -2.42. The first kappa shape index (κ1) is 15.4. The normalized spacial score (nSPS) is 24.2. The predicted octanol–water partition coefficient (Wildman–Crippen LogP) is 1.14. The number of nitro groups is 1. The van der Waals surface area contributed by atoms with Gasteiger partial charge in [0.25, 0.3) is 11.6 Å². The minimum atomic E-state index is -0.496. The quantitative estimate of drug-likeness (QED) is 0.625. The van der Waals surface area contributed by atoms with Crippen molar-refractivity contribution in [2.45, 2.75) is 38.5 Å². The highest BCUT2D eigenvalue weighted by atomic mass is 16.6. The molecular weight excluding hydrogens is 274 g/mol. The number of aryl methyl sites for hydroxylation is 1. The summed E-state index contributed by atoms with van der Waals surface area (Å²) in [6.45, 7) is 4.07. The van der Waals surface area contributed by atoms with E-state index in [4.69, 9.17) is 10.5 Å². The molecule has 114 valence electrons. The number of hydrogen-bond acceptors (Lipinski definition) is 5. The molecule has 3 N–H and O–H groups in total. The summed E-state index contributed by atoms with van der Waals surface area (Å²) < 4.78 is 5.48. The van der Waals surface area contributed by atoms with Crippen molar-refractivity contribution in [1.29, 1.82) is 0 Å². The van der Waals surface area contributed by atoms with Gasteiger partial charge in [0.05, 0.1) is 17.1 Å². The third kappa shape index (κ3) is 3.20. The van der Waals surface area contributed by atoms with Crippen LogP contribution in [0.4, 0.5) is 5.69 Å². The van der Waals surface area contributed by atoms with Crippen LogP contribution in [0.15, 0.2) is 18.2 Å². The Labute approximate surface area is 122 Å². The van der Waals surface area contributed by atoms with Crippen LogP contribution < -0.4 is 11.1 Å². The van der Waals surface area contributed by atoms with Crippen LogP contribution >= 0.6 is 0 Å². The number of carbonyl (C=O) groups is 1. The molecule has 7 heteroatoms. The molecule has 21 heavy (non-hydrogen) atoms. The first-order chi connectivity index (χ1) is 9.93. The van der Waals surface area contributed by atoms with Gasteiger partial charge < -0.3 is 15.8 Å². The van der Waals surface area contributed by atoms with Gasteiger partial charge >= 0.3 is 0 Å². The lowest BCUT2D eigenvalue weighted by atomic mass is 9.83. The Morgan fingerprint density at radius 3 is 2.86 bits per heavy atom. The molecule has 7 nitrogen and oxygen atoms in total. The molecule has 0 radical (unpaired) electrons. The molecule has 0 saturated heterocycles. The molecule has 1 aliphatic rings. The molecule has 1 fully saturated rings. The van der Waals surface area contributed by atoms with Crippen LogP contribution in [0.5, 0.6) is 0 Å². The molecule has 1 amide bonds. The van der Waals surface area contributed by atoms with E-state index >= 15 is 0 Å². The standard InChI is InChI=1S/C14H19N3O4/c1-3-21-12-7-10(15)13(12)16-14(18)9-5-4-8(2)11(6-9)17(19)20/h4-6,10,12-13H,3,7,15H2,1-2H3,(H,16,18). The monoisotopic (exact) mass is 293 g/mol. The van der Waals surface area contributed by atoms with Crippen LogP contribution in [-0.2, 0) is 4.74 Å². The van der Waals surface area contributed by atoms with Crippen molar-refractivity contribution in [3.05, 3.63) is 39.4 Å². The summed E-state index contributed by atoms with van der Waals surface area (Å²) in [4.78, 5) is 22.6. The van der Waals surface area contributed by atoms with E-state index < -0.39 is 4.92 Å². The molecule has 1 aliphatic carbocycles. The van der Waals surface area contributed by atoms with E-state index in [1.807, 2.05) is 6.92 Å². The second kappa shape index (κ2) is 6.19. The number of benzene rings is 1. The molecular formula is C14H19N3O4. The fourth-order valence-electron chi connectivity index (χ4n) is 2.41. The first-order valence-corrected chi connectivity index (χ1v) is 6.87. The molecule has 2 rings (SSSR count). The minimum absolute atomic E-state index is 0.0677. The van der Waals surface area contributed by atoms with Crippen LogP contribution in [0, 0.1) is 17.0 Å². The predicted molar refractivity (Wildman–Crippen MR) is 77.1 cm³/mol. The summed E-state index contributed by atoms with van der Waals surface area (Å²) in [6, 6.07) is 4.01. The summed E-state index contributed by atoms with van der Waals surface area (Å²) in [6.07, 6.45) is 0.613. The van der Waals surface area contributed by atoms with Crippen molar-refractivity contribution in [3.8, 4) is 0 Å². The zero-order chi connectivity index (χ0) is 15.6. The van der Waals surface area contributed by atoms with Crippen molar-refractivity contribution in [2.24, 2.45) is 5.73 Å². The van der Waals surface area contributed by atoms with Crippen molar-refractivity contribution < 1.29 is 14.5 Å². The summed E-state index contributed by atoms with van der Waals surface area (Å²) in [5, 5.41) is 13.7. The summed E-state index contributed by atoms with van der Waals surface area (Å²) >= 11 is 0. The van der Waals surface area contributed by atoms with Crippen LogP contribution in [0.2, 0.25) is 0 Å². The molecule has 0 heterocycles. The highest BCUT2D eigenvalue weighted by Gasteiger charge is 2.40. The molecule has 1 aromatic rings. The lowest BCUT2D eigenvalue weighted by molar-refractivity contribution is -0.385. The molecule has 1 saturated carbocycles. The number of ether oxygens (including phenoxy) is 1. The number of hydrogen-bond donors (Lipinski definition) is 2. The first-order valence-electron chi connectivity index (χ1n) is 6.87. The Morgan fingerprint density at radius 2 is 2.29 bits per heavy atom. The maximum absolute atomic E-state index is 12.2. The maximum atomic E-state index is 12.2. The lowest BCUT2D eigenvalue weighted by Crippen LogP contribution is -2.64. The molecule has 0 bridgehead atoms. The Bertz CT molecular complexity index is 559. The molecule has 1 aromatic carbocycles. The van der Waals surface area contributed by atoms with E-state index in [1.54, 1.807) is 19.1 Å². The summed E-state index contributed by atoms with van der Waals surface area (Å²) in [7, 11) is 0. The third-order valence-electron chi connectivity index (χ3n) is 3.71. The fraction of sp³-hybridized carbons (Fsp3) is 0.500. The number of nitrogens with two attached hydrogens (primary N) is 1. The van der Waals surface area contributed by atoms with Gasteiger partial charge in [0.15, 0.2) is 0 Å². The second-order valence-electron chi connectivity index (χ2n) is 5.15. The number of nitro benzene ring substituents is 1. The molecule has 0 spiro atoms. The van der Waals surface area contributed by atoms with Crippen molar-refractivity contribution in [2.75, 3.05) is 6.61 Å². The maximum Gasteiger partial charge on any atom is 0.273 e. The summed E-state index contributed by atoms with van der Waals surface area (Å²) in [5.41, 5.74) is 6.57. The zero-order valence-corrected chi connectivity index (χ0v) is 12.0. The molecule has 0 aromatic heterocycles. The van der Waals surface area contributed by atoms with Crippen molar-refractivity contribution in [3.63, 3.8) is 0 Å². The molecule has 3 unspecified atom stereocenters. The van der Waals surface area contributed by atoms with Crippen LogP contribution in [0.1, 0.15) is 29.3 Å².